The smallest absolute Gasteiger partial charge is 0.331 e. The number of hydrogen-bond acceptors (Lipinski definition) is 1. The van der Waals surface area contributed by atoms with Crippen LogP contribution in [-0.4, -0.2) is 11.1 Å². The van der Waals surface area contributed by atoms with Crippen molar-refractivity contribution in [3.05, 3.63) is 11.6 Å². The SMILES string of the molecule is O=C(O)C1=CC2CCC1(C13CC4CC(CC(C4)C1)C3)C2. The fraction of sp³-hybridized carbons (Fsp3) is 0.833. The first-order chi connectivity index (χ1) is 9.60. The van der Waals surface area contributed by atoms with Crippen molar-refractivity contribution in [1.29, 1.82) is 0 Å². The summed E-state index contributed by atoms with van der Waals surface area (Å²) in [4.78, 5) is 11.8. The molecule has 20 heavy (non-hydrogen) atoms. The highest BCUT2D eigenvalue weighted by Crippen LogP contribution is 2.73. The van der Waals surface area contributed by atoms with Gasteiger partial charge >= 0.3 is 5.97 Å². The lowest BCUT2D eigenvalue weighted by atomic mass is 9.41. The fourth-order valence-electron chi connectivity index (χ4n) is 7.61. The van der Waals surface area contributed by atoms with Crippen molar-refractivity contribution in [2.45, 2.75) is 57.8 Å². The minimum absolute atomic E-state index is 0.0690. The predicted octanol–water partition coefficient (Wildman–Crippen LogP) is 4.01. The van der Waals surface area contributed by atoms with Gasteiger partial charge in [0.15, 0.2) is 0 Å². The van der Waals surface area contributed by atoms with E-state index < -0.39 is 5.97 Å². The van der Waals surface area contributed by atoms with Crippen LogP contribution in [0.15, 0.2) is 11.6 Å². The molecule has 0 aliphatic heterocycles. The van der Waals surface area contributed by atoms with Gasteiger partial charge in [-0.25, -0.2) is 4.79 Å². The van der Waals surface area contributed by atoms with Gasteiger partial charge in [0.25, 0.3) is 0 Å². The van der Waals surface area contributed by atoms with Crippen molar-refractivity contribution >= 4 is 5.97 Å². The van der Waals surface area contributed by atoms with Crippen LogP contribution in [0.1, 0.15) is 57.8 Å². The highest BCUT2D eigenvalue weighted by molar-refractivity contribution is 5.89. The van der Waals surface area contributed by atoms with Gasteiger partial charge in [-0.2, -0.15) is 0 Å². The van der Waals surface area contributed by atoms with Crippen molar-refractivity contribution < 1.29 is 9.90 Å². The van der Waals surface area contributed by atoms with Crippen LogP contribution in [0.4, 0.5) is 0 Å². The minimum atomic E-state index is -0.608. The average Bonchev–Trinajstić information content (AvgIpc) is 2.96. The van der Waals surface area contributed by atoms with Gasteiger partial charge in [-0.05, 0) is 86.9 Å². The van der Waals surface area contributed by atoms with Crippen LogP contribution in [0.3, 0.4) is 0 Å². The van der Waals surface area contributed by atoms with E-state index in [2.05, 4.69) is 6.08 Å². The lowest BCUT2D eigenvalue weighted by Gasteiger charge is -2.63. The molecule has 0 aromatic heterocycles. The van der Waals surface area contributed by atoms with Gasteiger partial charge in [-0.1, -0.05) is 6.08 Å². The number of carboxylic acid groups (broad SMARTS) is 1. The summed E-state index contributed by atoms with van der Waals surface area (Å²) in [7, 11) is 0. The van der Waals surface area contributed by atoms with Crippen molar-refractivity contribution in [1.82, 2.24) is 0 Å². The third-order valence-electron chi connectivity index (χ3n) is 7.75. The van der Waals surface area contributed by atoms with Gasteiger partial charge < -0.3 is 5.11 Å². The number of carbonyl (C=O) groups is 1. The van der Waals surface area contributed by atoms with Gasteiger partial charge in [0, 0.05) is 11.0 Å². The second-order valence-electron chi connectivity index (χ2n) is 8.67. The maximum absolute atomic E-state index is 11.8. The molecule has 108 valence electrons. The number of fused-ring (bicyclic) bond motifs is 2. The van der Waals surface area contributed by atoms with E-state index in [0.29, 0.717) is 11.3 Å². The van der Waals surface area contributed by atoms with Crippen LogP contribution in [0.2, 0.25) is 0 Å². The normalized spacial score (nSPS) is 55.3. The lowest BCUT2D eigenvalue weighted by Crippen LogP contribution is -2.54. The number of aliphatic carboxylic acids is 1. The summed E-state index contributed by atoms with van der Waals surface area (Å²) in [5.41, 5.74) is 1.27. The summed E-state index contributed by atoms with van der Waals surface area (Å²) in [6, 6.07) is 0. The Bertz CT molecular complexity index is 482. The summed E-state index contributed by atoms with van der Waals surface area (Å²) < 4.78 is 0. The molecule has 2 heteroatoms. The van der Waals surface area contributed by atoms with E-state index in [1.165, 1.54) is 57.8 Å². The van der Waals surface area contributed by atoms with E-state index in [1.807, 2.05) is 0 Å². The molecular weight excluding hydrogens is 248 g/mol. The van der Waals surface area contributed by atoms with E-state index in [1.54, 1.807) is 0 Å². The van der Waals surface area contributed by atoms with E-state index in [9.17, 15) is 9.90 Å². The Morgan fingerprint density at radius 2 is 1.65 bits per heavy atom. The van der Waals surface area contributed by atoms with Crippen LogP contribution < -0.4 is 0 Å². The van der Waals surface area contributed by atoms with Gasteiger partial charge in [0.2, 0.25) is 0 Å². The molecule has 6 aliphatic rings. The van der Waals surface area contributed by atoms with Crippen molar-refractivity contribution in [3.8, 4) is 0 Å². The highest BCUT2D eigenvalue weighted by Gasteiger charge is 2.65. The van der Waals surface area contributed by atoms with E-state index in [0.717, 1.165) is 23.3 Å². The van der Waals surface area contributed by atoms with Gasteiger partial charge in [0.1, 0.15) is 0 Å². The fourth-order valence-corrected chi connectivity index (χ4v) is 7.61. The Hall–Kier alpha value is -0.790. The van der Waals surface area contributed by atoms with Crippen LogP contribution in [0.25, 0.3) is 0 Å². The maximum atomic E-state index is 11.8. The molecule has 1 N–H and O–H groups in total. The zero-order valence-electron chi connectivity index (χ0n) is 12.1. The van der Waals surface area contributed by atoms with E-state index in [-0.39, 0.29) is 5.41 Å². The minimum Gasteiger partial charge on any atom is -0.478 e. The molecule has 0 aromatic carbocycles. The maximum Gasteiger partial charge on any atom is 0.331 e. The Labute approximate surface area is 120 Å². The largest absolute Gasteiger partial charge is 0.478 e. The number of allylic oxidation sites excluding steroid dienone is 1. The Balaban J connectivity index is 1.62. The van der Waals surface area contributed by atoms with Crippen LogP contribution in [-0.2, 0) is 4.79 Å². The molecule has 0 radical (unpaired) electrons. The van der Waals surface area contributed by atoms with Crippen molar-refractivity contribution in [2.24, 2.45) is 34.5 Å². The molecule has 6 aliphatic carbocycles. The van der Waals surface area contributed by atoms with E-state index >= 15 is 0 Å². The molecule has 2 unspecified atom stereocenters. The van der Waals surface area contributed by atoms with Gasteiger partial charge in [0.05, 0.1) is 0 Å². The highest BCUT2D eigenvalue weighted by atomic mass is 16.4. The molecule has 2 nitrogen and oxygen atoms in total. The quantitative estimate of drug-likeness (QED) is 0.824. The Kier molecular flexibility index (Phi) is 2.07. The summed E-state index contributed by atoms with van der Waals surface area (Å²) >= 11 is 0. The van der Waals surface area contributed by atoms with Crippen LogP contribution in [0, 0.1) is 34.5 Å². The Morgan fingerprint density at radius 3 is 2.15 bits per heavy atom. The molecule has 5 fully saturated rings. The molecule has 0 spiro atoms. The zero-order chi connectivity index (χ0) is 13.5. The summed E-state index contributed by atoms with van der Waals surface area (Å²) in [5.74, 6) is 2.73. The zero-order valence-corrected chi connectivity index (χ0v) is 12.1. The van der Waals surface area contributed by atoms with Crippen molar-refractivity contribution in [2.75, 3.05) is 0 Å². The second-order valence-corrected chi connectivity index (χ2v) is 8.67. The molecule has 2 atom stereocenters. The first-order valence-electron chi connectivity index (χ1n) is 8.56. The predicted molar refractivity (Wildman–Crippen MR) is 76.1 cm³/mol. The lowest BCUT2D eigenvalue weighted by molar-refractivity contribution is -0.142. The number of rotatable bonds is 2. The monoisotopic (exact) mass is 272 g/mol. The van der Waals surface area contributed by atoms with Gasteiger partial charge in [-0.3, -0.25) is 0 Å². The molecule has 0 heterocycles. The topological polar surface area (TPSA) is 37.3 Å². The molecule has 6 rings (SSSR count). The molecule has 6 bridgehead atoms. The molecule has 0 aromatic rings. The molecule has 5 saturated carbocycles. The summed E-state index contributed by atoms with van der Waals surface area (Å²) in [6.45, 7) is 0. The summed E-state index contributed by atoms with van der Waals surface area (Å²) in [5, 5.41) is 9.73. The van der Waals surface area contributed by atoms with Crippen molar-refractivity contribution in [3.63, 3.8) is 0 Å². The van der Waals surface area contributed by atoms with Crippen LogP contribution in [0.5, 0.6) is 0 Å². The third-order valence-corrected chi connectivity index (χ3v) is 7.75. The van der Waals surface area contributed by atoms with E-state index in [4.69, 9.17) is 0 Å². The van der Waals surface area contributed by atoms with Crippen LogP contribution >= 0.6 is 0 Å². The average molecular weight is 272 g/mol. The molecule has 0 saturated heterocycles. The summed E-state index contributed by atoms with van der Waals surface area (Å²) in [6.07, 6.45) is 14.1. The molecular formula is C18H24O2. The Morgan fingerprint density at radius 1 is 1.05 bits per heavy atom. The third kappa shape index (κ3) is 1.25. The van der Waals surface area contributed by atoms with Gasteiger partial charge in [-0.15, -0.1) is 0 Å². The first kappa shape index (κ1) is 11.8. The number of hydrogen-bond donors (Lipinski definition) is 1. The molecule has 0 amide bonds. The standard InChI is InChI=1S/C18H24O2/c19-16(20)15-6-11-1-2-18(15,10-11)17-7-12-3-13(8-17)5-14(4-12)9-17/h6,11-14H,1-5,7-10H2,(H,19,20). The first-order valence-corrected chi connectivity index (χ1v) is 8.56. The number of carboxylic acids is 1. The second kappa shape index (κ2) is 3.51.